The second-order valence-electron chi connectivity index (χ2n) is 6.71. The second kappa shape index (κ2) is 7.68. The fraction of sp³-hybridized carbons (Fsp3) is 0.381. The largest absolute Gasteiger partial charge is 0.493 e. The van der Waals surface area contributed by atoms with Gasteiger partial charge in [-0.3, -0.25) is 4.79 Å². The topological polar surface area (TPSA) is 29.5 Å². The van der Waals surface area contributed by atoms with Crippen LogP contribution < -0.4 is 4.74 Å². The van der Waals surface area contributed by atoms with Crippen LogP contribution in [0.2, 0.25) is 0 Å². The third kappa shape index (κ3) is 4.59. The van der Waals surface area contributed by atoms with E-state index in [1.54, 1.807) is 23.1 Å². The van der Waals surface area contributed by atoms with E-state index in [0.29, 0.717) is 25.1 Å². The highest BCUT2D eigenvalue weighted by molar-refractivity contribution is 5.77. The van der Waals surface area contributed by atoms with E-state index in [1.165, 1.54) is 6.07 Å². The number of hydrogen-bond donors (Lipinski definition) is 0. The van der Waals surface area contributed by atoms with E-state index in [4.69, 9.17) is 4.74 Å². The number of carbonyl (C=O) groups excluding carboxylic acids is 1. The summed E-state index contributed by atoms with van der Waals surface area (Å²) in [6, 6.07) is 12.9. The first-order chi connectivity index (χ1) is 12.0. The summed E-state index contributed by atoms with van der Waals surface area (Å²) in [6.45, 7) is 4.68. The lowest BCUT2D eigenvalue weighted by Gasteiger charge is -2.23. The molecule has 0 aliphatic heterocycles. The Morgan fingerprint density at radius 3 is 2.68 bits per heavy atom. The summed E-state index contributed by atoms with van der Waals surface area (Å²) in [5.41, 5.74) is 2.76. The fourth-order valence-electron chi connectivity index (χ4n) is 2.87. The van der Waals surface area contributed by atoms with Crippen LogP contribution in [0.3, 0.4) is 0 Å². The number of aryl methyl sites for hydroxylation is 2. The van der Waals surface area contributed by atoms with Gasteiger partial charge in [-0.15, -0.1) is 0 Å². The van der Waals surface area contributed by atoms with Gasteiger partial charge < -0.3 is 9.64 Å². The van der Waals surface area contributed by atoms with Gasteiger partial charge in [0.2, 0.25) is 5.91 Å². The molecular weight excluding hydrogens is 317 g/mol. The molecule has 1 amide bonds. The number of ether oxygens (including phenoxy) is 1. The maximum absolute atomic E-state index is 13.9. The van der Waals surface area contributed by atoms with Crippen LogP contribution in [0.15, 0.2) is 42.5 Å². The minimum Gasteiger partial charge on any atom is -0.493 e. The summed E-state index contributed by atoms with van der Waals surface area (Å²) in [6.07, 6.45) is 2.30. The highest BCUT2D eigenvalue weighted by atomic mass is 19.1. The molecule has 0 heterocycles. The predicted molar refractivity (Wildman–Crippen MR) is 96.0 cm³/mol. The van der Waals surface area contributed by atoms with Crippen LogP contribution in [0, 0.1) is 19.7 Å². The third-order valence-electron chi connectivity index (χ3n) is 4.52. The molecule has 132 valence electrons. The van der Waals surface area contributed by atoms with Gasteiger partial charge in [0.1, 0.15) is 11.6 Å². The van der Waals surface area contributed by atoms with Crippen molar-refractivity contribution in [1.82, 2.24) is 4.90 Å². The molecule has 0 saturated heterocycles. The molecule has 3 nitrogen and oxygen atoms in total. The maximum atomic E-state index is 13.9. The summed E-state index contributed by atoms with van der Waals surface area (Å²) in [4.78, 5) is 14.4. The summed E-state index contributed by atoms with van der Waals surface area (Å²) in [7, 11) is 0. The smallest absolute Gasteiger partial charge is 0.226 e. The molecule has 4 heteroatoms. The molecule has 0 atom stereocenters. The zero-order valence-electron chi connectivity index (χ0n) is 14.8. The number of rotatable bonds is 7. The van der Waals surface area contributed by atoms with Crippen LogP contribution in [0.1, 0.15) is 36.0 Å². The SMILES string of the molecule is Cc1ccc(C)c(OCCC(=O)N(Cc2ccccc2F)C2CC2)c1. The van der Waals surface area contributed by atoms with Gasteiger partial charge >= 0.3 is 0 Å². The van der Waals surface area contributed by atoms with Crippen LogP contribution in [0.4, 0.5) is 4.39 Å². The molecule has 1 aliphatic carbocycles. The molecule has 1 fully saturated rings. The molecule has 0 radical (unpaired) electrons. The fourth-order valence-corrected chi connectivity index (χ4v) is 2.87. The highest BCUT2D eigenvalue weighted by Crippen LogP contribution is 2.29. The van der Waals surface area contributed by atoms with E-state index >= 15 is 0 Å². The van der Waals surface area contributed by atoms with Crippen molar-refractivity contribution < 1.29 is 13.9 Å². The highest BCUT2D eigenvalue weighted by Gasteiger charge is 2.32. The second-order valence-corrected chi connectivity index (χ2v) is 6.71. The minimum atomic E-state index is -0.257. The number of hydrogen-bond acceptors (Lipinski definition) is 2. The molecule has 2 aromatic carbocycles. The maximum Gasteiger partial charge on any atom is 0.226 e. The molecule has 0 N–H and O–H groups in total. The van der Waals surface area contributed by atoms with Crippen molar-refractivity contribution in [2.75, 3.05) is 6.61 Å². The van der Waals surface area contributed by atoms with Crippen molar-refractivity contribution in [3.8, 4) is 5.75 Å². The van der Waals surface area contributed by atoms with E-state index in [9.17, 15) is 9.18 Å². The lowest BCUT2D eigenvalue weighted by molar-refractivity contribution is -0.133. The molecule has 1 aliphatic rings. The van der Waals surface area contributed by atoms with Crippen molar-refractivity contribution in [2.24, 2.45) is 0 Å². The lowest BCUT2D eigenvalue weighted by Crippen LogP contribution is -2.33. The van der Waals surface area contributed by atoms with Gasteiger partial charge in [0, 0.05) is 18.2 Å². The van der Waals surface area contributed by atoms with Crippen molar-refractivity contribution in [1.29, 1.82) is 0 Å². The average Bonchev–Trinajstić information content (AvgIpc) is 3.42. The molecular formula is C21H24FNO2. The van der Waals surface area contributed by atoms with E-state index < -0.39 is 0 Å². The van der Waals surface area contributed by atoms with Gasteiger partial charge in [-0.25, -0.2) is 4.39 Å². The Balaban J connectivity index is 1.58. The van der Waals surface area contributed by atoms with Crippen molar-refractivity contribution in [3.05, 3.63) is 65.0 Å². The van der Waals surface area contributed by atoms with Crippen LogP contribution in [0.25, 0.3) is 0 Å². The zero-order valence-corrected chi connectivity index (χ0v) is 14.8. The van der Waals surface area contributed by atoms with E-state index in [0.717, 1.165) is 29.7 Å². The number of amides is 1. The molecule has 3 rings (SSSR count). The first-order valence-electron chi connectivity index (χ1n) is 8.77. The van der Waals surface area contributed by atoms with E-state index in [2.05, 4.69) is 0 Å². The lowest BCUT2D eigenvalue weighted by atomic mass is 10.1. The van der Waals surface area contributed by atoms with Gasteiger partial charge in [0.15, 0.2) is 0 Å². The van der Waals surface area contributed by atoms with Gasteiger partial charge in [0.25, 0.3) is 0 Å². The summed E-state index contributed by atoms with van der Waals surface area (Å²) < 4.78 is 19.7. The molecule has 0 bridgehead atoms. The Morgan fingerprint density at radius 2 is 1.96 bits per heavy atom. The molecule has 0 aromatic heterocycles. The van der Waals surface area contributed by atoms with Crippen LogP contribution >= 0.6 is 0 Å². The van der Waals surface area contributed by atoms with E-state index in [1.807, 2.05) is 32.0 Å². The molecule has 25 heavy (non-hydrogen) atoms. The van der Waals surface area contributed by atoms with Crippen molar-refractivity contribution >= 4 is 5.91 Å². The summed E-state index contributed by atoms with van der Waals surface area (Å²) in [5, 5.41) is 0. The Morgan fingerprint density at radius 1 is 1.20 bits per heavy atom. The average molecular weight is 341 g/mol. The molecule has 0 unspecified atom stereocenters. The van der Waals surface area contributed by atoms with Gasteiger partial charge in [-0.2, -0.15) is 0 Å². The van der Waals surface area contributed by atoms with E-state index in [-0.39, 0.29) is 17.8 Å². The Bertz CT molecular complexity index is 755. The monoisotopic (exact) mass is 341 g/mol. The van der Waals surface area contributed by atoms with Crippen molar-refractivity contribution in [2.45, 2.75) is 45.7 Å². The van der Waals surface area contributed by atoms with Crippen LogP contribution in [-0.2, 0) is 11.3 Å². The van der Waals surface area contributed by atoms with Crippen LogP contribution in [0.5, 0.6) is 5.75 Å². The Labute approximate surface area is 148 Å². The number of halogens is 1. The first-order valence-corrected chi connectivity index (χ1v) is 8.77. The summed E-state index contributed by atoms with van der Waals surface area (Å²) >= 11 is 0. The zero-order chi connectivity index (χ0) is 17.8. The predicted octanol–water partition coefficient (Wildman–Crippen LogP) is 4.40. The number of benzene rings is 2. The molecule has 0 spiro atoms. The van der Waals surface area contributed by atoms with Gasteiger partial charge in [0.05, 0.1) is 13.0 Å². The quantitative estimate of drug-likeness (QED) is 0.747. The minimum absolute atomic E-state index is 0.0241. The van der Waals surface area contributed by atoms with Crippen LogP contribution in [-0.4, -0.2) is 23.5 Å². The van der Waals surface area contributed by atoms with Gasteiger partial charge in [-0.05, 0) is 49.9 Å². The number of nitrogens with zero attached hydrogens (tertiary/aromatic N) is 1. The third-order valence-corrected chi connectivity index (χ3v) is 4.52. The Kier molecular flexibility index (Phi) is 5.37. The van der Waals surface area contributed by atoms with Gasteiger partial charge in [-0.1, -0.05) is 30.3 Å². The molecule has 1 saturated carbocycles. The standard InChI is InChI=1S/C21H24FNO2/c1-15-7-8-16(2)20(13-15)25-12-11-21(24)23(18-9-10-18)14-17-5-3-4-6-19(17)22/h3-8,13,18H,9-12,14H2,1-2H3. The number of carbonyl (C=O) groups is 1. The van der Waals surface area contributed by atoms with Crippen molar-refractivity contribution in [3.63, 3.8) is 0 Å². The Hall–Kier alpha value is -2.36. The summed E-state index contributed by atoms with van der Waals surface area (Å²) in [5.74, 6) is 0.587. The molecule has 2 aromatic rings. The first kappa shape index (κ1) is 17.5. The normalized spacial score (nSPS) is 13.6.